The highest BCUT2D eigenvalue weighted by atomic mass is 16.5. The Morgan fingerprint density at radius 2 is 2.11 bits per heavy atom. The molecule has 1 saturated heterocycles. The van der Waals surface area contributed by atoms with Crippen molar-refractivity contribution in [2.24, 2.45) is 5.92 Å². The summed E-state index contributed by atoms with van der Waals surface area (Å²) in [5, 5.41) is 10.1. The average Bonchev–Trinajstić information content (AvgIpc) is 2.84. The summed E-state index contributed by atoms with van der Waals surface area (Å²) in [4.78, 5) is 2.56. The van der Waals surface area contributed by atoms with Crippen LogP contribution in [0.25, 0.3) is 0 Å². The molecule has 2 aliphatic rings. The smallest absolute Gasteiger partial charge is 0.123 e. The molecule has 19 heavy (non-hydrogen) atoms. The Bertz CT molecular complexity index is 446. The third-order valence-electron chi connectivity index (χ3n) is 4.79. The second-order valence-corrected chi connectivity index (χ2v) is 5.87. The van der Waals surface area contributed by atoms with Crippen LogP contribution in [0.5, 0.6) is 11.5 Å². The fourth-order valence-corrected chi connectivity index (χ4v) is 3.72. The van der Waals surface area contributed by atoms with Crippen LogP contribution in [0.15, 0.2) is 18.2 Å². The lowest BCUT2D eigenvalue weighted by atomic mass is 9.85. The SMILES string of the molecule is COc1ccc(CN2CCC3CCCCC32)c(O)c1. The van der Waals surface area contributed by atoms with Gasteiger partial charge >= 0.3 is 0 Å². The van der Waals surface area contributed by atoms with Crippen LogP contribution in [0, 0.1) is 5.92 Å². The molecule has 1 aliphatic heterocycles. The Morgan fingerprint density at radius 3 is 2.89 bits per heavy atom. The van der Waals surface area contributed by atoms with Gasteiger partial charge in [0.2, 0.25) is 0 Å². The Morgan fingerprint density at radius 1 is 1.26 bits per heavy atom. The van der Waals surface area contributed by atoms with E-state index in [1.807, 2.05) is 12.1 Å². The first-order chi connectivity index (χ1) is 9.28. The standard InChI is InChI=1S/C16H23NO2/c1-19-14-7-6-13(16(18)10-14)11-17-9-8-12-4-2-3-5-15(12)17/h6-7,10,12,15,18H,2-5,8-9,11H2,1H3. The Labute approximate surface area is 115 Å². The van der Waals surface area contributed by atoms with E-state index in [1.165, 1.54) is 38.6 Å². The molecule has 3 nitrogen and oxygen atoms in total. The van der Waals surface area contributed by atoms with E-state index in [9.17, 15) is 5.11 Å². The fraction of sp³-hybridized carbons (Fsp3) is 0.625. The van der Waals surface area contributed by atoms with Crippen molar-refractivity contribution in [1.82, 2.24) is 4.90 Å². The molecule has 0 amide bonds. The van der Waals surface area contributed by atoms with E-state index >= 15 is 0 Å². The van der Waals surface area contributed by atoms with Gasteiger partial charge in [-0.1, -0.05) is 18.9 Å². The highest BCUT2D eigenvalue weighted by Crippen LogP contribution is 2.37. The highest BCUT2D eigenvalue weighted by molar-refractivity contribution is 5.39. The summed E-state index contributed by atoms with van der Waals surface area (Å²) in [6.07, 6.45) is 6.84. The van der Waals surface area contributed by atoms with Gasteiger partial charge in [-0.2, -0.15) is 0 Å². The van der Waals surface area contributed by atoms with Crippen molar-refractivity contribution < 1.29 is 9.84 Å². The molecule has 2 unspecified atom stereocenters. The van der Waals surface area contributed by atoms with Gasteiger partial charge < -0.3 is 9.84 Å². The zero-order valence-corrected chi connectivity index (χ0v) is 11.6. The van der Waals surface area contributed by atoms with Crippen LogP contribution in [0.4, 0.5) is 0 Å². The second-order valence-electron chi connectivity index (χ2n) is 5.87. The topological polar surface area (TPSA) is 32.7 Å². The van der Waals surface area contributed by atoms with Crippen molar-refractivity contribution in [3.63, 3.8) is 0 Å². The first-order valence-electron chi connectivity index (χ1n) is 7.38. The van der Waals surface area contributed by atoms with Crippen molar-refractivity contribution in [2.75, 3.05) is 13.7 Å². The zero-order valence-electron chi connectivity index (χ0n) is 11.6. The lowest BCUT2D eigenvalue weighted by Gasteiger charge is -2.31. The van der Waals surface area contributed by atoms with Crippen molar-refractivity contribution in [2.45, 2.75) is 44.7 Å². The van der Waals surface area contributed by atoms with Crippen molar-refractivity contribution in [3.8, 4) is 11.5 Å². The molecule has 1 saturated carbocycles. The van der Waals surface area contributed by atoms with Gasteiger partial charge in [-0.15, -0.1) is 0 Å². The molecule has 1 aromatic carbocycles. The quantitative estimate of drug-likeness (QED) is 0.907. The maximum absolute atomic E-state index is 10.1. The normalized spacial score (nSPS) is 27.2. The van der Waals surface area contributed by atoms with Crippen LogP contribution in [0.2, 0.25) is 0 Å². The maximum Gasteiger partial charge on any atom is 0.123 e. The molecule has 2 atom stereocenters. The molecule has 0 radical (unpaired) electrons. The molecule has 2 fully saturated rings. The number of hydrogen-bond donors (Lipinski definition) is 1. The van der Waals surface area contributed by atoms with Gasteiger partial charge in [0.15, 0.2) is 0 Å². The van der Waals surface area contributed by atoms with E-state index in [-0.39, 0.29) is 0 Å². The number of hydrogen-bond acceptors (Lipinski definition) is 3. The van der Waals surface area contributed by atoms with Gasteiger partial charge in [0.25, 0.3) is 0 Å². The predicted molar refractivity (Wildman–Crippen MR) is 75.4 cm³/mol. The van der Waals surface area contributed by atoms with Gasteiger partial charge in [-0.3, -0.25) is 4.90 Å². The summed E-state index contributed by atoms with van der Waals surface area (Å²) in [6.45, 7) is 2.05. The van der Waals surface area contributed by atoms with Crippen LogP contribution in [0.1, 0.15) is 37.7 Å². The summed E-state index contributed by atoms with van der Waals surface area (Å²) >= 11 is 0. The van der Waals surface area contributed by atoms with Crippen LogP contribution in [-0.4, -0.2) is 29.7 Å². The molecular formula is C16H23NO2. The molecule has 0 bridgehead atoms. The number of nitrogens with zero attached hydrogens (tertiary/aromatic N) is 1. The van der Waals surface area contributed by atoms with E-state index in [2.05, 4.69) is 4.90 Å². The van der Waals surface area contributed by atoms with Crippen molar-refractivity contribution in [1.29, 1.82) is 0 Å². The maximum atomic E-state index is 10.1. The summed E-state index contributed by atoms with van der Waals surface area (Å²) in [7, 11) is 1.63. The van der Waals surface area contributed by atoms with Gasteiger partial charge in [0, 0.05) is 24.2 Å². The molecule has 1 heterocycles. The first-order valence-corrected chi connectivity index (χ1v) is 7.38. The van der Waals surface area contributed by atoms with E-state index < -0.39 is 0 Å². The lowest BCUT2D eigenvalue weighted by molar-refractivity contribution is 0.174. The average molecular weight is 261 g/mol. The molecule has 104 valence electrons. The Hall–Kier alpha value is -1.22. The molecule has 1 aliphatic carbocycles. The largest absolute Gasteiger partial charge is 0.507 e. The third-order valence-corrected chi connectivity index (χ3v) is 4.79. The van der Waals surface area contributed by atoms with E-state index in [1.54, 1.807) is 13.2 Å². The van der Waals surface area contributed by atoms with Crippen LogP contribution in [0.3, 0.4) is 0 Å². The molecule has 0 spiro atoms. The summed E-state index contributed by atoms with van der Waals surface area (Å²) in [6, 6.07) is 6.38. The number of phenols is 1. The number of aromatic hydroxyl groups is 1. The summed E-state index contributed by atoms with van der Waals surface area (Å²) in [5.41, 5.74) is 1.02. The number of ether oxygens (including phenoxy) is 1. The number of phenolic OH excluding ortho intramolecular Hbond substituents is 1. The lowest BCUT2D eigenvalue weighted by Crippen LogP contribution is -2.34. The van der Waals surface area contributed by atoms with E-state index in [0.29, 0.717) is 5.75 Å². The number of methoxy groups -OCH3 is 1. The molecule has 1 N–H and O–H groups in total. The minimum Gasteiger partial charge on any atom is -0.507 e. The predicted octanol–water partition coefficient (Wildman–Crippen LogP) is 3.17. The molecule has 3 rings (SSSR count). The van der Waals surface area contributed by atoms with Gasteiger partial charge in [-0.25, -0.2) is 0 Å². The minimum absolute atomic E-state index is 0.360. The van der Waals surface area contributed by atoms with E-state index in [0.717, 1.165) is 29.8 Å². The minimum atomic E-state index is 0.360. The second kappa shape index (κ2) is 5.41. The molecule has 3 heteroatoms. The molecule has 1 aromatic rings. The molecular weight excluding hydrogens is 238 g/mol. The van der Waals surface area contributed by atoms with Gasteiger partial charge in [0.05, 0.1) is 7.11 Å². The molecule has 0 aromatic heterocycles. The Balaban J connectivity index is 1.71. The van der Waals surface area contributed by atoms with Gasteiger partial charge in [0.1, 0.15) is 11.5 Å². The summed E-state index contributed by atoms with van der Waals surface area (Å²) in [5.74, 6) is 1.98. The number of fused-ring (bicyclic) bond motifs is 1. The number of benzene rings is 1. The summed E-state index contributed by atoms with van der Waals surface area (Å²) < 4.78 is 5.13. The van der Waals surface area contributed by atoms with Crippen LogP contribution < -0.4 is 4.74 Å². The third kappa shape index (κ3) is 2.57. The van der Waals surface area contributed by atoms with Crippen molar-refractivity contribution >= 4 is 0 Å². The van der Waals surface area contributed by atoms with Crippen LogP contribution >= 0.6 is 0 Å². The fourth-order valence-electron chi connectivity index (χ4n) is 3.72. The Kier molecular flexibility index (Phi) is 3.65. The highest BCUT2D eigenvalue weighted by Gasteiger charge is 2.35. The van der Waals surface area contributed by atoms with Crippen LogP contribution in [-0.2, 0) is 6.54 Å². The number of likely N-dealkylation sites (tertiary alicyclic amines) is 1. The van der Waals surface area contributed by atoms with E-state index in [4.69, 9.17) is 4.74 Å². The van der Waals surface area contributed by atoms with Gasteiger partial charge in [-0.05, 0) is 37.8 Å². The monoisotopic (exact) mass is 261 g/mol. The first kappa shape index (κ1) is 12.8. The zero-order chi connectivity index (χ0) is 13.2. The van der Waals surface area contributed by atoms with Crippen molar-refractivity contribution in [3.05, 3.63) is 23.8 Å². The number of rotatable bonds is 3.